The maximum absolute atomic E-state index is 10.2. The van der Waals surface area contributed by atoms with Crippen molar-refractivity contribution < 1.29 is 21.6 Å². The molecule has 0 unspecified atom stereocenters. The fourth-order valence-electron chi connectivity index (χ4n) is 4.53. The van der Waals surface area contributed by atoms with Crippen molar-refractivity contribution in [2.75, 3.05) is 34.3 Å². The fourth-order valence-corrected chi connectivity index (χ4v) is 4.86. The lowest BCUT2D eigenvalue weighted by molar-refractivity contribution is -0.870. The van der Waals surface area contributed by atoms with E-state index in [1.54, 1.807) is 0 Å². The van der Waals surface area contributed by atoms with Gasteiger partial charge in [0.2, 0.25) is 0 Å². The predicted molar refractivity (Wildman–Crippen MR) is 173 cm³/mol. The standard InChI is InChI=1S/C19H42N.C12H26O4S.BrH/c1-5-6-7-8-9-10-11-12-13-14-15-16-17-18-19-20(2,3)4;1-2-3-4-5-6-7-8-9-10-11-12-16-17(13,14)15;/h5-19H2,1-4H3;2-12H2,1H3,(H,13,14,15);1H/q+1;;. The Morgan fingerprint density at radius 2 is 0.763 bits per heavy atom. The second kappa shape index (κ2) is 31.8. The number of hydrogen-bond donors (Lipinski definition) is 1. The van der Waals surface area contributed by atoms with Gasteiger partial charge in [-0.2, -0.15) is 8.42 Å². The molecule has 0 saturated carbocycles. The first-order valence-electron chi connectivity index (χ1n) is 16.0. The Hall–Kier alpha value is 0.310. The highest BCUT2D eigenvalue weighted by atomic mass is 79.9. The Labute approximate surface area is 250 Å². The van der Waals surface area contributed by atoms with E-state index in [4.69, 9.17) is 4.55 Å². The highest BCUT2D eigenvalue weighted by Gasteiger charge is 2.05. The molecule has 0 aliphatic rings. The highest BCUT2D eigenvalue weighted by Crippen LogP contribution is 2.13. The van der Waals surface area contributed by atoms with Crippen LogP contribution in [0.15, 0.2) is 0 Å². The third kappa shape index (κ3) is 46.2. The van der Waals surface area contributed by atoms with Gasteiger partial charge in [0.1, 0.15) is 0 Å². The normalized spacial score (nSPS) is 11.6. The molecule has 38 heavy (non-hydrogen) atoms. The maximum Gasteiger partial charge on any atom is 0.397 e. The molecule has 0 aliphatic carbocycles. The number of hydrogen-bond acceptors (Lipinski definition) is 3. The van der Waals surface area contributed by atoms with Gasteiger partial charge in [-0.1, -0.05) is 149 Å². The molecule has 0 aromatic heterocycles. The van der Waals surface area contributed by atoms with E-state index in [2.05, 4.69) is 39.2 Å². The Morgan fingerprint density at radius 1 is 0.500 bits per heavy atom. The van der Waals surface area contributed by atoms with Crippen molar-refractivity contribution in [3.05, 3.63) is 0 Å². The number of halogens is 1. The molecule has 0 aliphatic heterocycles. The van der Waals surface area contributed by atoms with E-state index in [1.165, 1.54) is 141 Å². The molecular weight excluding hydrogens is 562 g/mol. The SMILES string of the molecule is Br.CCCCCCCCCCCCCCCC[N+](C)(C)C.CCCCCCCCCCCCOS(=O)(=O)O. The van der Waals surface area contributed by atoms with Crippen LogP contribution in [0.25, 0.3) is 0 Å². The second-order valence-corrected chi connectivity index (χ2v) is 13.1. The van der Waals surface area contributed by atoms with Crippen LogP contribution in [-0.4, -0.2) is 51.7 Å². The van der Waals surface area contributed by atoms with E-state index in [0.29, 0.717) is 6.42 Å². The van der Waals surface area contributed by atoms with Crippen LogP contribution >= 0.6 is 17.0 Å². The molecule has 0 heterocycles. The maximum atomic E-state index is 10.2. The minimum Gasteiger partial charge on any atom is -0.331 e. The fraction of sp³-hybridized carbons (Fsp3) is 1.00. The number of quaternary nitrogens is 1. The summed E-state index contributed by atoms with van der Waals surface area (Å²) in [5, 5.41) is 0. The summed E-state index contributed by atoms with van der Waals surface area (Å²) in [6.07, 6.45) is 32.2. The van der Waals surface area contributed by atoms with Crippen LogP contribution in [0.1, 0.15) is 168 Å². The molecule has 0 atom stereocenters. The van der Waals surface area contributed by atoms with Gasteiger partial charge in [-0.3, -0.25) is 4.55 Å². The number of rotatable bonds is 27. The van der Waals surface area contributed by atoms with Crippen molar-refractivity contribution in [2.24, 2.45) is 0 Å². The van der Waals surface area contributed by atoms with Gasteiger partial charge in [0.25, 0.3) is 0 Å². The van der Waals surface area contributed by atoms with E-state index in [0.717, 1.165) is 17.3 Å². The lowest BCUT2D eigenvalue weighted by atomic mass is 10.0. The molecule has 0 bridgehead atoms. The van der Waals surface area contributed by atoms with Crippen LogP contribution in [0.5, 0.6) is 0 Å². The third-order valence-corrected chi connectivity index (χ3v) is 7.38. The first kappa shape index (κ1) is 42.8. The minimum absolute atomic E-state index is 0. The van der Waals surface area contributed by atoms with Gasteiger partial charge in [-0.05, 0) is 19.3 Å². The van der Waals surface area contributed by atoms with E-state index < -0.39 is 10.4 Å². The Bertz CT molecular complexity index is 538. The van der Waals surface area contributed by atoms with Crippen molar-refractivity contribution in [3.8, 4) is 0 Å². The molecule has 0 radical (unpaired) electrons. The zero-order chi connectivity index (χ0) is 28.1. The van der Waals surface area contributed by atoms with Gasteiger partial charge in [0.05, 0.1) is 34.3 Å². The molecule has 0 rings (SSSR count). The molecule has 0 aromatic rings. The zero-order valence-corrected chi connectivity index (χ0v) is 28.9. The van der Waals surface area contributed by atoms with Crippen LogP contribution in [0.4, 0.5) is 0 Å². The van der Waals surface area contributed by atoms with Crippen LogP contribution in [-0.2, 0) is 14.6 Å². The van der Waals surface area contributed by atoms with E-state index >= 15 is 0 Å². The van der Waals surface area contributed by atoms with Gasteiger partial charge in [0, 0.05) is 0 Å². The molecule has 1 N–H and O–H groups in total. The summed E-state index contributed by atoms with van der Waals surface area (Å²) in [7, 11) is 2.65. The van der Waals surface area contributed by atoms with Gasteiger partial charge in [-0.15, -0.1) is 17.0 Å². The topological polar surface area (TPSA) is 63.6 Å². The second-order valence-electron chi connectivity index (χ2n) is 12.0. The van der Waals surface area contributed by atoms with Gasteiger partial charge in [-0.25, -0.2) is 4.18 Å². The Morgan fingerprint density at radius 3 is 1.03 bits per heavy atom. The summed E-state index contributed by atoms with van der Waals surface area (Å²) in [5.41, 5.74) is 0. The van der Waals surface area contributed by atoms with Crippen molar-refractivity contribution in [2.45, 2.75) is 168 Å². The van der Waals surface area contributed by atoms with Crippen LogP contribution in [0.3, 0.4) is 0 Å². The summed E-state index contributed by atoms with van der Waals surface area (Å²) in [6.45, 7) is 5.93. The smallest absolute Gasteiger partial charge is 0.331 e. The van der Waals surface area contributed by atoms with E-state index in [-0.39, 0.29) is 23.6 Å². The number of unbranched alkanes of at least 4 members (excludes halogenated alkanes) is 22. The van der Waals surface area contributed by atoms with Crippen molar-refractivity contribution in [3.63, 3.8) is 0 Å². The Balaban J connectivity index is -0.000000636. The highest BCUT2D eigenvalue weighted by molar-refractivity contribution is 8.93. The summed E-state index contributed by atoms with van der Waals surface area (Å²) in [5.74, 6) is 0. The molecule has 7 heteroatoms. The molecule has 234 valence electrons. The monoisotopic (exact) mass is 630 g/mol. The Kier molecular flexibility index (Phi) is 35.8. The summed E-state index contributed by atoms with van der Waals surface area (Å²) >= 11 is 0. The molecule has 0 aromatic carbocycles. The minimum atomic E-state index is -4.23. The average molecular weight is 632 g/mol. The van der Waals surface area contributed by atoms with E-state index in [1.807, 2.05) is 0 Å². The van der Waals surface area contributed by atoms with Gasteiger partial charge in [0.15, 0.2) is 0 Å². The van der Waals surface area contributed by atoms with E-state index in [9.17, 15) is 8.42 Å². The van der Waals surface area contributed by atoms with Crippen LogP contribution in [0, 0.1) is 0 Å². The summed E-state index contributed by atoms with van der Waals surface area (Å²) < 4.78 is 34.1. The quantitative estimate of drug-likeness (QED) is 0.0557. The predicted octanol–water partition coefficient (Wildman–Crippen LogP) is 10.5. The molecule has 0 saturated heterocycles. The van der Waals surface area contributed by atoms with Crippen molar-refractivity contribution >= 4 is 27.4 Å². The van der Waals surface area contributed by atoms with Crippen molar-refractivity contribution in [1.82, 2.24) is 0 Å². The third-order valence-electron chi connectivity index (χ3n) is 6.91. The largest absolute Gasteiger partial charge is 0.397 e. The molecule has 0 spiro atoms. The molecule has 0 fully saturated rings. The van der Waals surface area contributed by atoms with Gasteiger partial charge >= 0.3 is 10.4 Å². The number of nitrogens with zero attached hydrogens (tertiary/aromatic N) is 1. The summed E-state index contributed by atoms with van der Waals surface area (Å²) in [4.78, 5) is 0. The van der Waals surface area contributed by atoms with Gasteiger partial charge < -0.3 is 4.48 Å². The lowest BCUT2D eigenvalue weighted by Crippen LogP contribution is -2.35. The first-order chi connectivity index (χ1) is 17.6. The molecule has 0 amide bonds. The van der Waals surface area contributed by atoms with Crippen LogP contribution in [0.2, 0.25) is 0 Å². The lowest BCUT2D eigenvalue weighted by Gasteiger charge is -2.23. The zero-order valence-electron chi connectivity index (χ0n) is 26.3. The van der Waals surface area contributed by atoms with Crippen molar-refractivity contribution in [1.29, 1.82) is 0 Å². The molecular formula is C31H69BrNO4S+. The van der Waals surface area contributed by atoms with Crippen LogP contribution < -0.4 is 0 Å². The molecule has 5 nitrogen and oxygen atoms in total. The first-order valence-corrected chi connectivity index (χ1v) is 17.4. The summed E-state index contributed by atoms with van der Waals surface area (Å²) in [6, 6.07) is 0. The average Bonchev–Trinajstić information content (AvgIpc) is 2.82.